The second kappa shape index (κ2) is 2.64. The first-order valence-corrected chi connectivity index (χ1v) is 6.02. The summed E-state index contributed by atoms with van der Waals surface area (Å²) in [4.78, 5) is 0. The Morgan fingerprint density at radius 3 is 2.77 bits per heavy atom. The SMILES string of the molecule is CC1CC(C)C2=C1NS(=O)(=O)CO2. The van der Waals surface area contributed by atoms with Gasteiger partial charge in [-0.15, -0.1) is 0 Å². The first kappa shape index (κ1) is 8.87. The predicted octanol–water partition coefficient (Wildman–Crippen LogP) is 0.781. The zero-order chi connectivity index (χ0) is 9.64. The number of sulfonamides is 1. The molecule has 2 atom stereocenters. The van der Waals surface area contributed by atoms with Crippen molar-refractivity contribution in [3.8, 4) is 0 Å². The summed E-state index contributed by atoms with van der Waals surface area (Å²) in [6.45, 7) is 4.06. The molecule has 0 bridgehead atoms. The van der Waals surface area contributed by atoms with E-state index in [-0.39, 0.29) is 11.9 Å². The molecule has 0 spiro atoms. The largest absolute Gasteiger partial charge is 0.478 e. The van der Waals surface area contributed by atoms with Gasteiger partial charge in [0.25, 0.3) is 10.0 Å². The van der Waals surface area contributed by atoms with Crippen molar-refractivity contribution in [3.63, 3.8) is 0 Å². The standard InChI is InChI=1S/C8H13NO3S/c1-5-3-6(2)8-7(5)9-13(10,11)4-12-8/h5-6,9H,3-4H2,1-2H3. The van der Waals surface area contributed by atoms with Gasteiger partial charge in [-0.25, -0.2) is 8.42 Å². The first-order valence-electron chi connectivity index (χ1n) is 4.37. The zero-order valence-electron chi connectivity index (χ0n) is 7.70. The summed E-state index contributed by atoms with van der Waals surface area (Å²) in [5.41, 5.74) is 0.763. The molecule has 4 nitrogen and oxygen atoms in total. The Hall–Kier alpha value is -0.710. The maximum atomic E-state index is 11.2. The number of hydrogen-bond acceptors (Lipinski definition) is 3. The minimum Gasteiger partial charge on any atom is -0.478 e. The molecular formula is C8H13NO3S. The van der Waals surface area contributed by atoms with Gasteiger partial charge in [-0.3, -0.25) is 4.72 Å². The normalized spacial score (nSPS) is 36.5. The highest BCUT2D eigenvalue weighted by atomic mass is 32.2. The molecule has 2 rings (SSSR count). The van der Waals surface area contributed by atoms with Crippen molar-refractivity contribution in [2.45, 2.75) is 20.3 Å². The number of ether oxygens (including phenoxy) is 1. The van der Waals surface area contributed by atoms with Crippen LogP contribution in [0, 0.1) is 11.8 Å². The second-order valence-electron chi connectivity index (χ2n) is 3.79. The van der Waals surface area contributed by atoms with Crippen LogP contribution >= 0.6 is 0 Å². The Balaban J connectivity index is 2.36. The van der Waals surface area contributed by atoms with Crippen molar-refractivity contribution in [1.29, 1.82) is 0 Å². The van der Waals surface area contributed by atoms with Crippen molar-refractivity contribution in [1.82, 2.24) is 4.72 Å². The van der Waals surface area contributed by atoms with Crippen LogP contribution in [0.15, 0.2) is 11.5 Å². The maximum absolute atomic E-state index is 11.2. The van der Waals surface area contributed by atoms with Crippen molar-refractivity contribution in [2.75, 3.05) is 5.94 Å². The Morgan fingerprint density at radius 2 is 2.08 bits per heavy atom. The van der Waals surface area contributed by atoms with Crippen LogP contribution in [-0.2, 0) is 14.8 Å². The summed E-state index contributed by atoms with van der Waals surface area (Å²) in [6, 6.07) is 0. The average Bonchev–Trinajstić information content (AvgIpc) is 2.26. The quantitative estimate of drug-likeness (QED) is 0.633. The molecule has 0 saturated heterocycles. The molecule has 1 aliphatic carbocycles. The third-order valence-electron chi connectivity index (χ3n) is 2.55. The molecule has 0 aromatic rings. The van der Waals surface area contributed by atoms with E-state index in [2.05, 4.69) is 11.6 Å². The van der Waals surface area contributed by atoms with E-state index < -0.39 is 10.0 Å². The zero-order valence-corrected chi connectivity index (χ0v) is 8.52. The molecule has 0 saturated carbocycles. The molecule has 13 heavy (non-hydrogen) atoms. The monoisotopic (exact) mass is 203 g/mol. The fourth-order valence-corrected chi connectivity index (χ4v) is 2.95. The Kier molecular flexibility index (Phi) is 1.80. The minimum absolute atomic E-state index is 0.233. The summed E-state index contributed by atoms with van der Waals surface area (Å²) >= 11 is 0. The fourth-order valence-electron chi connectivity index (χ4n) is 1.97. The van der Waals surface area contributed by atoms with E-state index in [9.17, 15) is 8.42 Å². The van der Waals surface area contributed by atoms with Crippen molar-refractivity contribution < 1.29 is 13.2 Å². The van der Waals surface area contributed by atoms with E-state index in [4.69, 9.17) is 4.74 Å². The summed E-state index contributed by atoms with van der Waals surface area (Å²) in [5, 5.41) is 0. The summed E-state index contributed by atoms with van der Waals surface area (Å²) in [7, 11) is -3.22. The van der Waals surface area contributed by atoms with Gasteiger partial charge in [0, 0.05) is 11.8 Å². The van der Waals surface area contributed by atoms with E-state index >= 15 is 0 Å². The van der Waals surface area contributed by atoms with Gasteiger partial charge in [0.1, 0.15) is 5.76 Å². The Bertz CT molecular complexity index is 358. The van der Waals surface area contributed by atoms with Gasteiger partial charge in [-0.2, -0.15) is 0 Å². The van der Waals surface area contributed by atoms with Crippen molar-refractivity contribution in [3.05, 3.63) is 11.5 Å². The maximum Gasteiger partial charge on any atom is 0.268 e. The third kappa shape index (κ3) is 1.41. The van der Waals surface area contributed by atoms with Crippen LogP contribution in [0.25, 0.3) is 0 Å². The van der Waals surface area contributed by atoms with Crippen LogP contribution in [0.1, 0.15) is 20.3 Å². The lowest BCUT2D eigenvalue weighted by atomic mass is 10.1. The topological polar surface area (TPSA) is 55.4 Å². The Morgan fingerprint density at radius 1 is 1.38 bits per heavy atom. The molecule has 5 heteroatoms. The Labute approximate surface area is 78.0 Å². The highest BCUT2D eigenvalue weighted by Gasteiger charge is 2.36. The molecule has 0 fully saturated rings. The molecule has 74 valence electrons. The molecular weight excluding hydrogens is 190 g/mol. The van der Waals surface area contributed by atoms with Crippen LogP contribution in [0.2, 0.25) is 0 Å². The van der Waals surface area contributed by atoms with Gasteiger partial charge in [-0.05, 0) is 6.42 Å². The summed E-state index contributed by atoms with van der Waals surface area (Å²) in [5.74, 6) is 1.21. The van der Waals surface area contributed by atoms with Gasteiger partial charge in [0.2, 0.25) is 5.94 Å². The van der Waals surface area contributed by atoms with Gasteiger partial charge in [-0.1, -0.05) is 13.8 Å². The molecule has 1 N–H and O–H groups in total. The van der Waals surface area contributed by atoms with E-state index in [1.54, 1.807) is 0 Å². The minimum atomic E-state index is -3.22. The lowest BCUT2D eigenvalue weighted by Crippen LogP contribution is -2.33. The predicted molar refractivity (Wildman–Crippen MR) is 48.0 cm³/mol. The van der Waals surface area contributed by atoms with Crippen LogP contribution < -0.4 is 4.72 Å². The van der Waals surface area contributed by atoms with Gasteiger partial charge in [0.15, 0.2) is 0 Å². The van der Waals surface area contributed by atoms with Gasteiger partial charge >= 0.3 is 0 Å². The lowest BCUT2D eigenvalue weighted by Gasteiger charge is -2.21. The summed E-state index contributed by atoms with van der Waals surface area (Å²) in [6.07, 6.45) is 0.965. The van der Waals surface area contributed by atoms with E-state index in [0.717, 1.165) is 17.9 Å². The fraction of sp³-hybridized carbons (Fsp3) is 0.750. The van der Waals surface area contributed by atoms with E-state index in [1.165, 1.54) is 0 Å². The van der Waals surface area contributed by atoms with Crippen LogP contribution in [0.4, 0.5) is 0 Å². The van der Waals surface area contributed by atoms with Gasteiger partial charge in [0.05, 0.1) is 5.70 Å². The molecule has 1 heterocycles. The van der Waals surface area contributed by atoms with E-state index in [0.29, 0.717) is 5.92 Å². The van der Waals surface area contributed by atoms with Crippen molar-refractivity contribution >= 4 is 10.0 Å². The molecule has 0 aromatic heterocycles. The van der Waals surface area contributed by atoms with Crippen LogP contribution in [0.3, 0.4) is 0 Å². The average molecular weight is 203 g/mol. The van der Waals surface area contributed by atoms with E-state index in [1.807, 2.05) is 6.92 Å². The second-order valence-corrected chi connectivity index (χ2v) is 5.46. The third-order valence-corrected chi connectivity index (χ3v) is 3.51. The van der Waals surface area contributed by atoms with Crippen molar-refractivity contribution in [2.24, 2.45) is 11.8 Å². The first-order chi connectivity index (χ1) is 5.99. The van der Waals surface area contributed by atoms with Gasteiger partial charge < -0.3 is 4.74 Å². The highest BCUT2D eigenvalue weighted by Crippen LogP contribution is 2.37. The molecule has 1 aliphatic heterocycles. The summed E-state index contributed by atoms with van der Waals surface area (Å²) < 4.78 is 30.1. The molecule has 2 aliphatic rings. The number of nitrogens with one attached hydrogen (secondary N) is 1. The molecule has 0 radical (unpaired) electrons. The highest BCUT2D eigenvalue weighted by molar-refractivity contribution is 7.89. The smallest absolute Gasteiger partial charge is 0.268 e. The number of rotatable bonds is 0. The van der Waals surface area contributed by atoms with Crippen LogP contribution in [0.5, 0.6) is 0 Å². The number of hydrogen-bond donors (Lipinski definition) is 1. The van der Waals surface area contributed by atoms with Crippen LogP contribution in [-0.4, -0.2) is 14.4 Å². The lowest BCUT2D eigenvalue weighted by molar-refractivity contribution is 0.221. The number of allylic oxidation sites excluding steroid dienone is 2. The molecule has 2 unspecified atom stereocenters. The molecule has 0 amide bonds. The molecule has 0 aromatic carbocycles.